The first-order chi connectivity index (χ1) is 15.1. The summed E-state index contributed by atoms with van der Waals surface area (Å²) in [6, 6.07) is 10.3. The highest BCUT2D eigenvalue weighted by Gasteiger charge is 2.24. The zero-order chi connectivity index (χ0) is 21.8. The Balaban J connectivity index is 1.60. The number of ether oxygens (including phenoxy) is 3. The van der Waals surface area contributed by atoms with Crippen LogP contribution in [0.15, 0.2) is 42.6 Å². The maximum Gasteiger partial charge on any atom is 0.275 e. The minimum atomic E-state index is -0.465. The van der Waals surface area contributed by atoms with Crippen molar-refractivity contribution in [2.75, 3.05) is 24.9 Å². The lowest BCUT2D eigenvalue weighted by Crippen LogP contribution is -2.17. The second-order valence-corrected chi connectivity index (χ2v) is 7.07. The van der Waals surface area contributed by atoms with Gasteiger partial charge in [-0.3, -0.25) is 4.79 Å². The Kier molecular flexibility index (Phi) is 6.03. The van der Waals surface area contributed by atoms with Crippen molar-refractivity contribution < 1.29 is 19.0 Å². The van der Waals surface area contributed by atoms with Gasteiger partial charge in [-0.1, -0.05) is 23.7 Å². The van der Waals surface area contributed by atoms with E-state index in [1.807, 2.05) is 0 Å². The van der Waals surface area contributed by atoms with Crippen LogP contribution in [0.25, 0.3) is 0 Å². The van der Waals surface area contributed by atoms with Crippen molar-refractivity contribution in [3.63, 3.8) is 0 Å². The fourth-order valence-electron chi connectivity index (χ4n) is 2.77. The molecule has 1 aliphatic rings. The first-order valence-electron chi connectivity index (χ1n) is 9.53. The van der Waals surface area contributed by atoms with Crippen molar-refractivity contribution in [2.45, 2.75) is 18.9 Å². The van der Waals surface area contributed by atoms with Crippen LogP contribution in [0.5, 0.6) is 17.4 Å². The molecule has 0 saturated heterocycles. The molecule has 1 aromatic carbocycles. The summed E-state index contributed by atoms with van der Waals surface area (Å²) in [5.41, 5.74) is 0.702. The van der Waals surface area contributed by atoms with Crippen LogP contribution in [-0.4, -0.2) is 41.2 Å². The Morgan fingerprint density at radius 3 is 2.42 bits per heavy atom. The van der Waals surface area contributed by atoms with E-state index in [1.54, 1.807) is 36.4 Å². The smallest absolute Gasteiger partial charge is 0.275 e. The Hall–Kier alpha value is -3.59. The normalized spacial score (nSPS) is 12.7. The quantitative estimate of drug-likeness (QED) is 0.538. The summed E-state index contributed by atoms with van der Waals surface area (Å²) >= 11 is 6.04. The van der Waals surface area contributed by atoms with Crippen molar-refractivity contribution in [2.24, 2.45) is 0 Å². The molecule has 31 heavy (non-hydrogen) atoms. The van der Waals surface area contributed by atoms with Gasteiger partial charge in [0.05, 0.1) is 20.4 Å². The molecule has 0 unspecified atom stereocenters. The highest BCUT2D eigenvalue weighted by molar-refractivity contribution is 6.29. The number of amides is 1. The number of aromatic nitrogens is 3. The lowest BCUT2D eigenvalue weighted by Gasteiger charge is -2.16. The van der Waals surface area contributed by atoms with E-state index in [0.29, 0.717) is 23.1 Å². The molecule has 0 aliphatic heterocycles. The molecule has 160 valence electrons. The second-order valence-electron chi connectivity index (χ2n) is 6.68. The lowest BCUT2D eigenvalue weighted by atomic mass is 10.2. The van der Waals surface area contributed by atoms with E-state index in [4.69, 9.17) is 25.8 Å². The number of pyridine rings is 1. The molecule has 1 saturated carbocycles. The molecular weight excluding hydrogens is 422 g/mol. The Morgan fingerprint density at radius 2 is 1.74 bits per heavy atom. The molecule has 4 rings (SSSR count). The van der Waals surface area contributed by atoms with Crippen molar-refractivity contribution in [1.82, 2.24) is 15.0 Å². The van der Waals surface area contributed by atoms with Gasteiger partial charge >= 0.3 is 0 Å². The van der Waals surface area contributed by atoms with Crippen molar-refractivity contribution in [3.8, 4) is 17.4 Å². The first kappa shape index (κ1) is 20.7. The zero-order valence-corrected chi connectivity index (χ0v) is 17.6. The summed E-state index contributed by atoms with van der Waals surface area (Å²) < 4.78 is 16.5. The Labute approximate surface area is 183 Å². The largest absolute Gasteiger partial charge is 0.494 e. The summed E-state index contributed by atoms with van der Waals surface area (Å²) in [4.78, 5) is 25.5. The monoisotopic (exact) mass is 441 g/mol. The van der Waals surface area contributed by atoms with Crippen LogP contribution in [-0.2, 0) is 0 Å². The van der Waals surface area contributed by atoms with Gasteiger partial charge in [0.2, 0.25) is 5.88 Å². The van der Waals surface area contributed by atoms with Crippen LogP contribution in [0.1, 0.15) is 23.3 Å². The van der Waals surface area contributed by atoms with Gasteiger partial charge in [0.15, 0.2) is 11.6 Å². The van der Waals surface area contributed by atoms with Gasteiger partial charge in [0.1, 0.15) is 34.1 Å². The van der Waals surface area contributed by atoms with Crippen LogP contribution in [0, 0.1) is 0 Å². The molecule has 9 nitrogen and oxygen atoms in total. The highest BCUT2D eigenvalue weighted by Crippen LogP contribution is 2.37. The van der Waals surface area contributed by atoms with E-state index in [0.717, 1.165) is 12.8 Å². The standard InChI is InChI=1S/C21H20ClN5O4/c1-29-14-6-4-7-15(30-2)18(14)26-20-19(23-11-16(22)25-20)27-21(28)13-5-3-8-17(24-13)31-12-9-10-12/h3-8,11-12H,9-10H2,1-2H3,(H,25,26)(H,23,27,28). The number of halogens is 1. The topological polar surface area (TPSA) is 107 Å². The van der Waals surface area contributed by atoms with E-state index in [2.05, 4.69) is 25.6 Å². The van der Waals surface area contributed by atoms with Gasteiger partial charge in [-0.05, 0) is 31.0 Å². The van der Waals surface area contributed by atoms with Crippen LogP contribution in [0.4, 0.5) is 17.3 Å². The Morgan fingerprint density at radius 1 is 1.03 bits per heavy atom. The highest BCUT2D eigenvalue weighted by atomic mass is 35.5. The molecule has 0 bridgehead atoms. The van der Waals surface area contributed by atoms with Crippen LogP contribution < -0.4 is 24.8 Å². The van der Waals surface area contributed by atoms with Crippen LogP contribution in [0.3, 0.4) is 0 Å². The number of nitrogens with zero attached hydrogens (tertiary/aromatic N) is 3. The average molecular weight is 442 g/mol. The Bertz CT molecular complexity index is 1080. The van der Waals surface area contributed by atoms with Crippen molar-refractivity contribution >= 4 is 34.8 Å². The third-order valence-electron chi connectivity index (χ3n) is 4.41. The van der Waals surface area contributed by atoms with E-state index in [9.17, 15) is 4.79 Å². The van der Waals surface area contributed by atoms with Crippen LogP contribution >= 0.6 is 11.6 Å². The molecule has 2 heterocycles. The zero-order valence-electron chi connectivity index (χ0n) is 16.9. The minimum absolute atomic E-state index is 0.146. The van der Waals surface area contributed by atoms with E-state index in [1.165, 1.54) is 20.4 Å². The molecule has 1 amide bonds. The molecule has 1 aliphatic carbocycles. The number of para-hydroxylation sites is 1. The molecule has 10 heteroatoms. The number of carbonyl (C=O) groups is 1. The lowest BCUT2D eigenvalue weighted by molar-refractivity contribution is 0.102. The number of hydrogen-bond acceptors (Lipinski definition) is 8. The van der Waals surface area contributed by atoms with Gasteiger partial charge in [-0.2, -0.15) is 0 Å². The molecule has 0 spiro atoms. The fourth-order valence-corrected chi connectivity index (χ4v) is 2.91. The molecule has 0 radical (unpaired) electrons. The number of hydrogen-bond donors (Lipinski definition) is 2. The van der Waals surface area contributed by atoms with Crippen molar-refractivity contribution in [3.05, 3.63) is 53.4 Å². The molecular formula is C21H20ClN5O4. The fraction of sp³-hybridized carbons (Fsp3) is 0.238. The number of anilines is 3. The summed E-state index contributed by atoms with van der Waals surface area (Å²) in [6.45, 7) is 0. The number of nitrogens with one attached hydrogen (secondary N) is 2. The molecule has 3 aromatic rings. The van der Waals surface area contributed by atoms with Crippen molar-refractivity contribution in [1.29, 1.82) is 0 Å². The predicted molar refractivity (Wildman–Crippen MR) is 116 cm³/mol. The molecule has 2 aromatic heterocycles. The number of methoxy groups -OCH3 is 2. The average Bonchev–Trinajstić information content (AvgIpc) is 3.59. The van der Waals surface area contributed by atoms with E-state index < -0.39 is 5.91 Å². The van der Waals surface area contributed by atoms with Gasteiger partial charge in [0.25, 0.3) is 5.91 Å². The molecule has 0 atom stereocenters. The van der Waals surface area contributed by atoms with Gasteiger partial charge in [-0.15, -0.1) is 0 Å². The van der Waals surface area contributed by atoms with Gasteiger partial charge in [0, 0.05) is 6.07 Å². The predicted octanol–water partition coefficient (Wildman–Crippen LogP) is 4.08. The summed E-state index contributed by atoms with van der Waals surface area (Å²) in [5.74, 6) is 1.36. The first-order valence-corrected chi connectivity index (χ1v) is 9.91. The third-order valence-corrected chi connectivity index (χ3v) is 4.60. The maximum absolute atomic E-state index is 12.8. The molecule has 2 N–H and O–H groups in total. The van der Waals surface area contributed by atoms with E-state index in [-0.39, 0.29) is 28.6 Å². The van der Waals surface area contributed by atoms with E-state index >= 15 is 0 Å². The SMILES string of the molecule is COc1cccc(OC)c1Nc1nc(Cl)cnc1NC(=O)c1cccc(OC2CC2)n1. The summed E-state index contributed by atoms with van der Waals surface area (Å²) in [6.07, 6.45) is 3.52. The van der Waals surface area contributed by atoms with Gasteiger partial charge in [-0.25, -0.2) is 15.0 Å². The van der Waals surface area contributed by atoms with Gasteiger partial charge < -0.3 is 24.8 Å². The number of benzene rings is 1. The van der Waals surface area contributed by atoms with Crippen LogP contribution in [0.2, 0.25) is 5.15 Å². The minimum Gasteiger partial charge on any atom is -0.494 e. The summed E-state index contributed by atoms with van der Waals surface area (Å²) in [5, 5.41) is 5.94. The summed E-state index contributed by atoms with van der Waals surface area (Å²) in [7, 11) is 3.07. The second kappa shape index (κ2) is 9.05. The number of carbonyl (C=O) groups excluding carboxylic acids is 1. The third kappa shape index (κ3) is 4.95. The maximum atomic E-state index is 12.8. The number of rotatable bonds is 8. The molecule has 1 fully saturated rings.